The Morgan fingerprint density at radius 1 is 1.08 bits per heavy atom. The van der Waals surface area contributed by atoms with Gasteiger partial charge in [-0.25, -0.2) is 5.10 Å². The van der Waals surface area contributed by atoms with Crippen molar-refractivity contribution in [2.24, 2.45) is 0 Å². The fraction of sp³-hybridized carbons (Fsp3) is 0.105. The van der Waals surface area contributed by atoms with E-state index in [4.69, 9.17) is 0 Å². The lowest BCUT2D eigenvalue weighted by molar-refractivity contribution is -0.116. The first kappa shape index (κ1) is 15.1. The molecule has 4 rings (SSSR count). The molecule has 0 saturated heterocycles. The molecule has 25 heavy (non-hydrogen) atoms. The molecule has 6 heteroatoms. The van der Waals surface area contributed by atoms with Crippen LogP contribution in [0.25, 0.3) is 10.8 Å². The molecule has 6 nitrogen and oxygen atoms in total. The predicted octanol–water partition coefficient (Wildman–Crippen LogP) is 3.38. The number of carbonyl (C=O) groups is 1. The highest BCUT2D eigenvalue weighted by Gasteiger charge is 2.20. The Morgan fingerprint density at radius 2 is 1.88 bits per heavy atom. The summed E-state index contributed by atoms with van der Waals surface area (Å²) in [5.41, 5.74) is 1.11. The number of fused-ring (bicyclic) bond motifs is 1. The van der Waals surface area contributed by atoms with Gasteiger partial charge in [0.1, 0.15) is 6.33 Å². The molecule has 0 aliphatic rings. The number of anilines is 1. The fourth-order valence-corrected chi connectivity index (χ4v) is 3.10. The molecule has 2 heterocycles. The van der Waals surface area contributed by atoms with E-state index in [1.165, 1.54) is 6.33 Å². The first-order chi connectivity index (χ1) is 12.3. The standard InChI is InChI=1S/C19H17N5O/c25-18(22-19-20-13-21-23-19)12-17(24-10-3-4-11-24)16-9-5-7-14-6-1-2-8-15(14)16/h1-11,13,17H,12H2,(H2,20,21,22,23,25)/t17-/m0/s1. The van der Waals surface area contributed by atoms with Crippen molar-refractivity contribution in [3.63, 3.8) is 0 Å². The van der Waals surface area contributed by atoms with Crippen LogP contribution in [0, 0.1) is 0 Å². The summed E-state index contributed by atoms with van der Waals surface area (Å²) in [6.07, 6.45) is 5.62. The Balaban J connectivity index is 1.70. The van der Waals surface area contributed by atoms with Crippen molar-refractivity contribution < 1.29 is 4.79 Å². The van der Waals surface area contributed by atoms with Crippen LogP contribution in [0.1, 0.15) is 18.0 Å². The monoisotopic (exact) mass is 331 g/mol. The number of nitrogens with one attached hydrogen (secondary N) is 2. The van der Waals surface area contributed by atoms with Crippen LogP contribution in [0.5, 0.6) is 0 Å². The number of hydrogen-bond acceptors (Lipinski definition) is 3. The number of hydrogen-bond donors (Lipinski definition) is 2. The van der Waals surface area contributed by atoms with Crippen LogP contribution in [0.3, 0.4) is 0 Å². The van der Waals surface area contributed by atoms with E-state index in [0.29, 0.717) is 12.4 Å². The molecule has 4 aromatic rings. The molecule has 0 fully saturated rings. The lowest BCUT2D eigenvalue weighted by Gasteiger charge is -2.21. The van der Waals surface area contributed by atoms with Gasteiger partial charge in [0.15, 0.2) is 0 Å². The minimum absolute atomic E-state index is 0.107. The van der Waals surface area contributed by atoms with Gasteiger partial charge in [-0.1, -0.05) is 42.5 Å². The van der Waals surface area contributed by atoms with Crippen LogP contribution < -0.4 is 5.32 Å². The number of carbonyl (C=O) groups excluding carboxylic acids is 1. The van der Waals surface area contributed by atoms with Gasteiger partial charge >= 0.3 is 0 Å². The van der Waals surface area contributed by atoms with Crippen molar-refractivity contribution in [1.82, 2.24) is 19.7 Å². The smallest absolute Gasteiger partial charge is 0.229 e. The summed E-state index contributed by atoms with van der Waals surface area (Å²) in [6, 6.07) is 18.2. The second-order valence-corrected chi connectivity index (χ2v) is 5.80. The quantitative estimate of drug-likeness (QED) is 0.589. The zero-order valence-electron chi connectivity index (χ0n) is 13.5. The van der Waals surface area contributed by atoms with Crippen LogP contribution in [0.4, 0.5) is 5.95 Å². The molecule has 0 aliphatic carbocycles. The third-order valence-corrected chi connectivity index (χ3v) is 4.22. The number of nitrogens with zero attached hydrogens (tertiary/aromatic N) is 3. The van der Waals surface area contributed by atoms with Crippen molar-refractivity contribution in [1.29, 1.82) is 0 Å². The third kappa shape index (κ3) is 3.14. The van der Waals surface area contributed by atoms with E-state index in [1.807, 2.05) is 42.7 Å². The van der Waals surface area contributed by atoms with Crippen LogP contribution in [-0.2, 0) is 4.79 Å². The van der Waals surface area contributed by atoms with Crippen molar-refractivity contribution in [2.75, 3.05) is 5.32 Å². The Hall–Kier alpha value is -3.41. The number of amides is 1. The topological polar surface area (TPSA) is 75.6 Å². The summed E-state index contributed by atoms with van der Waals surface area (Å²) in [4.78, 5) is 16.5. The number of rotatable bonds is 5. The summed E-state index contributed by atoms with van der Waals surface area (Å²) in [6.45, 7) is 0. The third-order valence-electron chi connectivity index (χ3n) is 4.22. The predicted molar refractivity (Wildman–Crippen MR) is 96.1 cm³/mol. The zero-order valence-corrected chi connectivity index (χ0v) is 13.5. The minimum Gasteiger partial charge on any atom is -0.346 e. The average Bonchev–Trinajstić information content (AvgIpc) is 3.33. The molecular formula is C19H17N5O. The SMILES string of the molecule is O=C(C[C@@H](c1cccc2ccccc12)n1cccc1)Nc1ncn[nH]1. The lowest BCUT2D eigenvalue weighted by atomic mass is 9.96. The van der Waals surface area contributed by atoms with E-state index < -0.39 is 0 Å². The molecule has 124 valence electrons. The highest BCUT2D eigenvalue weighted by atomic mass is 16.1. The Labute approximate surface area is 144 Å². The summed E-state index contributed by atoms with van der Waals surface area (Å²) in [7, 11) is 0. The summed E-state index contributed by atoms with van der Waals surface area (Å²) in [5.74, 6) is 0.234. The van der Waals surface area contributed by atoms with Gasteiger partial charge in [0, 0.05) is 12.4 Å². The number of benzene rings is 2. The van der Waals surface area contributed by atoms with Gasteiger partial charge < -0.3 is 4.57 Å². The molecule has 0 bridgehead atoms. The lowest BCUT2D eigenvalue weighted by Crippen LogP contribution is -2.20. The van der Waals surface area contributed by atoms with Gasteiger partial charge in [-0.15, -0.1) is 0 Å². The molecule has 0 spiro atoms. The molecule has 1 amide bonds. The number of aromatic nitrogens is 4. The fourth-order valence-electron chi connectivity index (χ4n) is 3.10. The minimum atomic E-state index is -0.122. The second kappa shape index (κ2) is 6.60. The second-order valence-electron chi connectivity index (χ2n) is 5.80. The summed E-state index contributed by atoms with van der Waals surface area (Å²) < 4.78 is 2.06. The molecule has 2 aromatic carbocycles. The van der Waals surface area contributed by atoms with Crippen LogP contribution in [0.15, 0.2) is 73.3 Å². The van der Waals surface area contributed by atoms with Gasteiger partial charge in [0.05, 0.1) is 12.5 Å². The van der Waals surface area contributed by atoms with Crippen LogP contribution in [0.2, 0.25) is 0 Å². The van der Waals surface area contributed by atoms with E-state index in [0.717, 1.165) is 16.3 Å². The van der Waals surface area contributed by atoms with Gasteiger partial charge in [-0.2, -0.15) is 10.1 Å². The van der Waals surface area contributed by atoms with Crippen molar-refractivity contribution in [3.05, 3.63) is 78.9 Å². The van der Waals surface area contributed by atoms with Gasteiger partial charge in [0.2, 0.25) is 11.9 Å². The van der Waals surface area contributed by atoms with Crippen molar-refractivity contribution in [3.8, 4) is 0 Å². The summed E-state index contributed by atoms with van der Waals surface area (Å²) >= 11 is 0. The first-order valence-corrected chi connectivity index (χ1v) is 8.06. The molecule has 0 aliphatic heterocycles. The van der Waals surface area contributed by atoms with E-state index in [2.05, 4.69) is 49.3 Å². The largest absolute Gasteiger partial charge is 0.346 e. The molecule has 0 radical (unpaired) electrons. The average molecular weight is 331 g/mol. The number of H-pyrrole nitrogens is 1. The Kier molecular flexibility index (Phi) is 4.00. The highest BCUT2D eigenvalue weighted by Crippen LogP contribution is 2.29. The van der Waals surface area contributed by atoms with Gasteiger partial charge in [-0.05, 0) is 28.5 Å². The Morgan fingerprint density at radius 3 is 2.68 bits per heavy atom. The first-order valence-electron chi connectivity index (χ1n) is 8.06. The zero-order chi connectivity index (χ0) is 17.1. The maximum absolute atomic E-state index is 12.5. The van der Waals surface area contributed by atoms with E-state index in [-0.39, 0.29) is 11.9 Å². The molecule has 0 unspecified atom stereocenters. The number of aromatic amines is 1. The normalized spacial score (nSPS) is 12.2. The van der Waals surface area contributed by atoms with Gasteiger partial charge in [0.25, 0.3) is 0 Å². The molecule has 1 atom stereocenters. The van der Waals surface area contributed by atoms with Crippen molar-refractivity contribution in [2.45, 2.75) is 12.5 Å². The molecule has 0 saturated carbocycles. The van der Waals surface area contributed by atoms with Crippen LogP contribution >= 0.6 is 0 Å². The molecular weight excluding hydrogens is 314 g/mol. The van der Waals surface area contributed by atoms with E-state index in [1.54, 1.807) is 0 Å². The maximum Gasteiger partial charge on any atom is 0.229 e. The molecule has 2 aromatic heterocycles. The van der Waals surface area contributed by atoms with E-state index in [9.17, 15) is 4.79 Å². The van der Waals surface area contributed by atoms with Gasteiger partial charge in [-0.3, -0.25) is 10.1 Å². The summed E-state index contributed by atoms with van der Waals surface area (Å²) in [5, 5.41) is 11.5. The maximum atomic E-state index is 12.5. The van der Waals surface area contributed by atoms with Crippen LogP contribution in [-0.4, -0.2) is 25.7 Å². The Bertz CT molecular complexity index is 971. The highest BCUT2D eigenvalue weighted by molar-refractivity contribution is 5.91. The van der Waals surface area contributed by atoms with Crippen molar-refractivity contribution >= 4 is 22.6 Å². The van der Waals surface area contributed by atoms with E-state index >= 15 is 0 Å². The molecule has 2 N–H and O–H groups in total.